The van der Waals surface area contributed by atoms with Gasteiger partial charge in [-0.25, -0.2) is 8.78 Å². The predicted molar refractivity (Wildman–Crippen MR) is 64.4 cm³/mol. The van der Waals surface area contributed by atoms with Gasteiger partial charge in [-0.3, -0.25) is 4.79 Å². The summed E-state index contributed by atoms with van der Waals surface area (Å²) < 4.78 is 25.9. The predicted octanol–water partition coefficient (Wildman–Crippen LogP) is 1.74. The number of halogens is 2. The molecule has 1 saturated heterocycles. The van der Waals surface area contributed by atoms with E-state index < -0.39 is 11.6 Å². The standard InChI is InChI=1S/C13H16F2N2O/c1-9-8-17(6-5-16(9)2)13(18)10-3-4-11(14)12(15)7-10/h3-4,7,9H,5-6,8H2,1-2H3. The normalized spacial score (nSPS) is 21.1. The van der Waals surface area contributed by atoms with E-state index in [1.54, 1.807) is 4.90 Å². The summed E-state index contributed by atoms with van der Waals surface area (Å²) >= 11 is 0. The average Bonchev–Trinajstić information content (AvgIpc) is 2.35. The first-order valence-electron chi connectivity index (χ1n) is 5.93. The van der Waals surface area contributed by atoms with Crippen LogP contribution in [0.25, 0.3) is 0 Å². The first-order valence-corrected chi connectivity index (χ1v) is 5.93. The zero-order chi connectivity index (χ0) is 13.3. The summed E-state index contributed by atoms with van der Waals surface area (Å²) in [6.07, 6.45) is 0. The van der Waals surface area contributed by atoms with Gasteiger partial charge in [-0.15, -0.1) is 0 Å². The molecule has 0 bridgehead atoms. The van der Waals surface area contributed by atoms with Crippen molar-refractivity contribution in [1.82, 2.24) is 9.80 Å². The molecule has 5 heteroatoms. The van der Waals surface area contributed by atoms with Crippen molar-refractivity contribution < 1.29 is 13.6 Å². The Morgan fingerprint density at radius 1 is 1.28 bits per heavy atom. The topological polar surface area (TPSA) is 23.6 Å². The number of likely N-dealkylation sites (N-methyl/N-ethyl adjacent to an activating group) is 1. The Labute approximate surface area is 105 Å². The number of amides is 1. The van der Waals surface area contributed by atoms with E-state index >= 15 is 0 Å². The molecule has 2 rings (SSSR count). The smallest absolute Gasteiger partial charge is 0.254 e. The Hall–Kier alpha value is -1.49. The molecule has 0 aliphatic carbocycles. The van der Waals surface area contributed by atoms with Gasteiger partial charge in [-0.2, -0.15) is 0 Å². The molecule has 0 saturated carbocycles. The lowest BCUT2D eigenvalue weighted by molar-refractivity contribution is 0.0572. The van der Waals surface area contributed by atoms with E-state index in [4.69, 9.17) is 0 Å². The molecule has 0 aromatic heterocycles. The molecule has 1 aliphatic heterocycles. The van der Waals surface area contributed by atoms with E-state index in [-0.39, 0.29) is 17.5 Å². The molecule has 0 spiro atoms. The quantitative estimate of drug-likeness (QED) is 0.762. The molecule has 1 fully saturated rings. The highest BCUT2D eigenvalue weighted by Crippen LogP contribution is 2.14. The fraction of sp³-hybridized carbons (Fsp3) is 0.462. The molecule has 3 nitrogen and oxygen atoms in total. The monoisotopic (exact) mass is 254 g/mol. The first-order chi connectivity index (χ1) is 8.49. The van der Waals surface area contributed by atoms with Crippen LogP contribution in [0.1, 0.15) is 17.3 Å². The molecular formula is C13H16F2N2O. The zero-order valence-electron chi connectivity index (χ0n) is 10.5. The van der Waals surface area contributed by atoms with Gasteiger partial charge in [0.15, 0.2) is 11.6 Å². The van der Waals surface area contributed by atoms with E-state index in [0.29, 0.717) is 13.1 Å². The Bertz CT molecular complexity index is 464. The van der Waals surface area contributed by atoms with Gasteiger partial charge >= 0.3 is 0 Å². The summed E-state index contributed by atoms with van der Waals surface area (Å²) in [5.74, 6) is -2.16. The molecule has 0 N–H and O–H groups in total. The summed E-state index contributed by atoms with van der Waals surface area (Å²) in [5, 5.41) is 0. The lowest BCUT2D eigenvalue weighted by Gasteiger charge is -2.37. The highest BCUT2D eigenvalue weighted by atomic mass is 19.2. The van der Waals surface area contributed by atoms with Crippen LogP contribution in [0, 0.1) is 11.6 Å². The maximum absolute atomic E-state index is 13.1. The summed E-state index contributed by atoms with van der Waals surface area (Å²) in [6.45, 7) is 4.04. The van der Waals surface area contributed by atoms with Gasteiger partial charge in [-0.1, -0.05) is 0 Å². The van der Waals surface area contributed by atoms with Crippen LogP contribution >= 0.6 is 0 Å². The zero-order valence-corrected chi connectivity index (χ0v) is 10.5. The molecule has 1 atom stereocenters. The second-order valence-corrected chi connectivity index (χ2v) is 4.71. The minimum Gasteiger partial charge on any atom is -0.336 e. The van der Waals surface area contributed by atoms with Crippen LogP contribution in [-0.4, -0.2) is 48.4 Å². The van der Waals surface area contributed by atoms with Gasteiger partial charge in [0.05, 0.1) is 0 Å². The van der Waals surface area contributed by atoms with E-state index in [2.05, 4.69) is 4.90 Å². The molecule has 98 valence electrons. The molecular weight excluding hydrogens is 238 g/mol. The summed E-state index contributed by atoms with van der Waals surface area (Å²) in [7, 11) is 2.00. The number of rotatable bonds is 1. The number of nitrogens with zero attached hydrogens (tertiary/aromatic N) is 2. The minimum absolute atomic E-state index is 0.200. The average molecular weight is 254 g/mol. The third kappa shape index (κ3) is 2.51. The van der Waals surface area contributed by atoms with Crippen molar-refractivity contribution in [3.8, 4) is 0 Å². The molecule has 1 aromatic rings. The highest BCUT2D eigenvalue weighted by Gasteiger charge is 2.25. The van der Waals surface area contributed by atoms with Crippen molar-refractivity contribution in [3.63, 3.8) is 0 Å². The number of carbonyl (C=O) groups is 1. The third-order valence-electron chi connectivity index (χ3n) is 3.41. The molecule has 1 aliphatic rings. The SMILES string of the molecule is CC1CN(C(=O)c2ccc(F)c(F)c2)CCN1C. The molecule has 1 unspecified atom stereocenters. The van der Waals surface area contributed by atoms with Crippen LogP contribution in [-0.2, 0) is 0 Å². The van der Waals surface area contributed by atoms with Crippen LogP contribution in [0.5, 0.6) is 0 Å². The van der Waals surface area contributed by atoms with Crippen LogP contribution < -0.4 is 0 Å². The largest absolute Gasteiger partial charge is 0.336 e. The van der Waals surface area contributed by atoms with Gasteiger partial charge in [0.1, 0.15) is 0 Å². The first kappa shape index (κ1) is 13.0. The Morgan fingerprint density at radius 3 is 2.61 bits per heavy atom. The summed E-state index contributed by atoms with van der Waals surface area (Å²) in [6, 6.07) is 3.54. The molecule has 1 aromatic carbocycles. The fourth-order valence-electron chi connectivity index (χ4n) is 2.04. The third-order valence-corrected chi connectivity index (χ3v) is 3.41. The lowest BCUT2D eigenvalue weighted by Crippen LogP contribution is -2.52. The number of carbonyl (C=O) groups excluding carboxylic acids is 1. The van der Waals surface area contributed by atoms with Crippen molar-refractivity contribution in [2.24, 2.45) is 0 Å². The Morgan fingerprint density at radius 2 is 2.00 bits per heavy atom. The van der Waals surface area contributed by atoms with Gasteiger partial charge in [0.2, 0.25) is 0 Å². The fourth-order valence-corrected chi connectivity index (χ4v) is 2.04. The Balaban J connectivity index is 2.14. The van der Waals surface area contributed by atoms with Gasteiger partial charge in [0.25, 0.3) is 5.91 Å². The van der Waals surface area contributed by atoms with Crippen molar-refractivity contribution in [2.75, 3.05) is 26.7 Å². The Kier molecular flexibility index (Phi) is 3.61. The second-order valence-electron chi connectivity index (χ2n) is 4.71. The second kappa shape index (κ2) is 5.02. The van der Waals surface area contributed by atoms with Crippen molar-refractivity contribution in [1.29, 1.82) is 0 Å². The van der Waals surface area contributed by atoms with Crippen LogP contribution in [0.4, 0.5) is 8.78 Å². The number of hydrogen-bond acceptors (Lipinski definition) is 2. The lowest BCUT2D eigenvalue weighted by atomic mass is 10.1. The highest BCUT2D eigenvalue weighted by molar-refractivity contribution is 5.94. The number of benzene rings is 1. The van der Waals surface area contributed by atoms with Crippen LogP contribution in [0.3, 0.4) is 0 Å². The van der Waals surface area contributed by atoms with E-state index in [0.717, 1.165) is 18.7 Å². The maximum atomic E-state index is 13.1. The molecule has 0 radical (unpaired) electrons. The van der Waals surface area contributed by atoms with Gasteiger partial charge < -0.3 is 9.80 Å². The van der Waals surface area contributed by atoms with Crippen molar-refractivity contribution in [2.45, 2.75) is 13.0 Å². The van der Waals surface area contributed by atoms with E-state index in [1.165, 1.54) is 6.07 Å². The number of piperazine rings is 1. The van der Waals surface area contributed by atoms with Gasteiger partial charge in [-0.05, 0) is 32.2 Å². The van der Waals surface area contributed by atoms with E-state index in [9.17, 15) is 13.6 Å². The van der Waals surface area contributed by atoms with Crippen LogP contribution in [0.2, 0.25) is 0 Å². The maximum Gasteiger partial charge on any atom is 0.254 e. The summed E-state index contributed by atoms with van der Waals surface area (Å²) in [4.78, 5) is 16.0. The molecule has 1 heterocycles. The van der Waals surface area contributed by atoms with E-state index in [1.807, 2.05) is 14.0 Å². The van der Waals surface area contributed by atoms with Crippen molar-refractivity contribution in [3.05, 3.63) is 35.4 Å². The molecule has 18 heavy (non-hydrogen) atoms. The minimum atomic E-state index is -0.983. The number of hydrogen-bond donors (Lipinski definition) is 0. The summed E-state index contributed by atoms with van der Waals surface area (Å²) in [5.41, 5.74) is 0.200. The van der Waals surface area contributed by atoms with Crippen LogP contribution in [0.15, 0.2) is 18.2 Å². The van der Waals surface area contributed by atoms with Crippen molar-refractivity contribution >= 4 is 5.91 Å². The molecule has 1 amide bonds. The van der Waals surface area contributed by atoms with Gasteiger partial charge in [0, 0.05) is 31.2 Å².